The van der Waals surface area contributed by atoms with Crippen molar-refractivity contribution in [1.82, 2.24) is 39.9 Å². The van der Waals surface area contributed by atoms with Crippen molar-refractivity contribution in [1.29, 1.82) is 0 Å². The van der Waals surface area contributed by atoms with E-state index in [1.165, 1.54) is 17.6 Å². The molecule has 3 aliphatic rings. The Labute approximate surface area is 223 Å². The third kappa shape index (κ3) is 3.65. The molecule has 12 heteroatoms. The third-order valence-corrected chi connectivity index (χ3v) is 8.78. The number of amides is 1. The van der Waals surface area contributed by atoms with Crippen LogP contribution in [0.2, 0.25) is 0 Å². The van der Waals surface area contributed by atoms with Crippen LogP contribution in [0.3, 0.4) is 0 Å². The van der Waals surface area contributed by atoms with Crippen LogP contribution in [0.1, 0.15) is 90.0 Å². The van der Waals surface area contributed by atoms with Gasteiger partial charge in [0.25, 0.3) is 5.91 Å². The minimum absolute atomic E-state index is 0.0236. The van der Waals surface area contributed by atoms with Gasteiger partial charge in [0.05, 0.1) is 29.3 Å². The number of aromatic nitrogens is 7. The van der Waals surface area contributed by atoms with Gasteiger partial charge in [-0.2, -0.15) is 25.0 Å². The lowest BCUT2D eigenvalue weighted by Crippen LogP contribution is -2.46. The Morgan fingerprint density at radius 3 is 2.49 bits per heavy atom. The minimum atomic E-state index is -0.838. The first kappa shape index (κ1) is 23.9. The number of nitrogens with zero attached hydrogens (tertiary/aromatic N) is 7. The maximum absolute atomic E-state index is 13.1. The van der Waals surface area contributed by atoms with Crippen LogP contribution in [0.25, 0.3) is 16.8 Å². The Hall–Kier alpha value is -4.19. The molecule has 2 saturated heterocycles. The Kier molecular flexibility index (Phi) is 5.31. The van der Waals surface area contributed by atoms with E-state index < -0.39 is 5.60 Å². The summed E-state index contributed by atoms with van der Waals surface area (Å²) in [5.41, 5.74) is 9.86. The van der Waals surface area contributed by atoms with E-state index in [4.69, 9.17) is 10.7 Å². The standard InChI is InChI=1S/C27H29N9O3/c1-14(37)22-23(16-9-17-4-5-18(10-16)35(17)26(38)20-13-30-34-33-20)32-25-19(12-31-36(25)24(22)28)15-3-6-21(29-11-15)27(39)7-2-8-27/h3,6,11-13,16-18,39H,2,4-5,7-10,28H2,1H3,(H,30,33,34)/t16?,17-,18+. The molecule has 12 nitrogen and oxygen atoms in total. The predicted molar refractivity (Wildman–Crippen MR) is 140 cm³/mol. The summed E-state index contributed by atoms with van der Waals surface area (Å²) >= 11 is 0. The van der Waals surface area contributed by atoms with Gasteiger partial charge in [-0.1, -0.05) is 6.07 Å². The number of hydrogen-bond donors (Lipinski definition) is 3. The molecule has 3 atom stereocenters. The van der Waals surface area contributed by atoms with E-state index in [1.54, 1.807) is 12.4 Å². The van der Waals surface area contributed by atoms with E-state index in [2.05, 4.69) is 25.5 Å². The van der Waals surface area contributed by atoms with Crippen molar-refractivity contribution >= 4 is 23.2 Å². The van der Waals surface area contributed by atoms with Crippen LogP contribution in [0.5, 0.6) is 0 Å². The van der Waals surface area contributed by atoms with Crippen LogP contribution in [-0.2, 0) is 5.60 Å². The molecule has 2 aliphatic heterocycles. The van der Waals surface area contributed by atoms with Gasteiger partial charge in [-0.25, -0.2) is 4.98 Å². The highest BCUT2D eigenvalue weighted by Crippen LogP contribution is 2.45. The zero-order valence-corrected chi connectivity index (χ0v) is 21.5. The summed E-state index contributed by atoms with van der Waals surface area (Å²) in [5, 5.41) is 25.4. The molecule has 0 spiro atoms. The molecule has 6 heterocycles. The number of fused-ring (bicyclic) bond motifs is 3. The fourth-order valence-electron chi connectivity index (χ4n) is 6.66. The van der Waals surface area contributed by atoms with E-state index in [9.17, 15) is 14.7 Å². The van der Waals surface area contributed by atoms with Crippen LogP contribution >= 0.6 is 0 Å². The maximum Gasteiger partial charge on any atom is 0.276 e. The number of ketones is 1. The number of carbonyl (C=O) groups excluding carboxylic acids is 2. The zero-order valence-electron chi connectivity index (χ0n) is 21.5. The summed E-state index contributed by atoms with van der Waals surface area (Å²) in [4.78, 5) is 37.5. The Morgan fingerprint density at radius 1 is 1.13 bits per heavy atom. The van der Waals surface area contributed by atoms with E-state index >= 15 is 0 Å². The van der Waals surface area contributed by atoms with E-state index in [0.29, 0.717) is 41.1 Å². The predicted octanol–water partition coefficient (Wildman–Crippen LogP) is 2.62. The minimum Gasteiger partial charge on any atom is -0.384 e. The summed E-state index contributed by atoms with van der Waals surface area (Å²) < 4.78 is 1.51. The molecular formula is C27H29N9O3. The number of pyridine rings is 1. The molecule has 4 aromatic heterocycles. The number of hydrogen-bond acceptors (Lipinski definition) is 9. The molecule has 1 unspecified atom stereocenters. The first-order valence-electron chi connectivity index (χ1n) is 13.4. The zero-order chi connectivity index (χ0) is 26.9. The lowest BCUT2D eigenvalue weighted by atomic mass is 9.77. The Morgan fingerprint density at radius 2 is 1.90 bits per heavy atom. The molecule has 4 aromatic rings. The number of nitrogens with two attached hydrogens (primary N) is 1. The van der Waals surface area contributed by atoms with Crippen LogP contribution in [0, 0.1) is 0 Å². The molecule has 4 N–H and O–H groups in total. The van der Waals surface area contributed by atoms with Crippen LogP contribution in [0.4, 0.5) is 5.82 Å². The van der Waals surface area contributed by atoms with Gasteiger partial charge in [0.15, 0.2) is 17.1 Å². The van der Waals surface area contributed by atoms with Gasteiger partial charge in [0, 0.05) is 35.3 Å². The van der Waals surface area contributed by atoms with Crippen molar-refractivity contribution in [3.63, 3.8) is 0 Å². The topological polar surface area (TPSA) is 168 Å². The highest BCUT2D eigenvalue weighted by Gasteiger charge is 2.45. The van der Waals surface area contributed by atoms with Crippen LogP contribution < -0.4 is 5.73 Å². The molecule has 200 valence electrons. The largest absolute Gasteiger partial charge is 0.384 e. The number of piperidine rings is 1. The van der Waals surface area contributed by atoms with Crippen molar-refractivity contribution < 1.29 is 14.7 Å². The SMILES string of the molecule is CC(=O)c1c(C2C[C@H]3CC[C@@H](C2)N3C(=O)c2cn[nH]n2)nc2c(-c3ccc(C4(O)CCC4)nc3)cnn2c1N. The van der Waals surface area contributed by atoms with Crippen molar-refractivity contribution in [3.05, 3.63) is 53.4 Å². The molecule has 39 heavy (non-hydrogen) atoms. The monoisotopic (exact) mass is 527 g/mol. The average Bonchev–Trinajstić information content (AvgIpc) is 3.65. The van der Waals surface area contributed by atoms with E-state index in [1.807, 2.05) is 17.0 Å². The number of nitrogen functional groups attached to an aromatic ring is 1. The number of Topliss-reactive ketones (excluding diaryl/α,β-unsaturated/α-hetero) is 1. The van der Waals surface area contributed by atoms with Gasteiger partial charge in [-0.15, -0.1) is 0 Å². The normalized spacial score (nSPS) is 23.6. The molecule has 1 saturated carbocycles. The van der Waals surface area contributed by atoms with Gasteiger partial charge < -0.3 is 15.7 Å². The van der Waals surface area contributed by atoms with Crippen molar-refractivity contribution in [2.24, 2.45) is 0 Å². The fourth-order valence-corrected chi connectivity index (χ4v) is 6.66. The summed E-state index contributed by atoms with van der Waals surface area (Å²) in [5.74, 6) is -0.0612. The molecule has 0 aromatic carbocycles. The van der Waals surface area contributed by atoms with E-state index in [0.717, 1.165) is 43.2 Å². The Balaban J connectivity index is 1.26. The van der Waals surface area contributed by atoms with Crippen molar-refractivity contribution in [2.75, 3.05) is 5.73 Å². The molecule has 7 rings (SSSR count). The third-order valence-electron chi connectivity index (χ3n) is 8.78. The number of carbonyl (C=O) groups is 2. The van der Waals surface area contributed by atoms with Crippen molar-refractivity contribution in [2.45, 2.75) is 75.5 Å². The maximum atomic E-state index is 13.1. The lowest BCUT2D eigenvalue weighted by Gasteiger charge is -2.38. The Bertz CT molecular complexity index is 1580. The first-order chi connectivity index (χ1) is 18.8. The van der Waals surface area contributed by atoms with E-state index in [-0.39, 0.29) is 35.5 Å². The molecule has 1 amide bonds. The second-order valence-electron chi connectivity index (χ2n) is 11.0. The lowest BCUT2D eigenvalue weighted by molar-refractivity contribution is -0.0426. The van der Waals surface area contributed by atoms with Gasteiger partial charge in [-0.3, -0.25) is 14.6 Å². The molecule has 0 radical (unpaired) electrons. The average molecular weight is 528 g/mol. The summed E-state index contributed by atoms with van der Waals surface area (Å²) in [7, 11) is 0. The van der Waals surface area contributed by atoms with Crippen LogP contribution in [0.15, 0.2) is 30.7 Å². The highest BCUT2D eigenvalue weighted by molar-refractivity contribution is 6.00. The smallest absolute Gasteiger partial charge is 0.276 e. The fraction of sp³-hybridized carbons (Fsp3) is 0.444. The number of H-pyrrole nitrogens is 1. The van der Waals surface area contributed by atoms with Crippen molar-refractivity contribution in [3.8, 4) is 11.1 Å². The van der Waals surface area contributed by atoms with Crippen LogP contribution in [-0.4, -0.2) is 68.8 Å². The molecule has 2 bridgehead atoms. The molecule has 3 fully saturated rings. The number of rotatable bonds is 5. The number of aliphatic hydroxyl groups is 1. The quantitative estimate of drug-likeness (QED) is 0.330. The highest BCUT2D eigenvalue weighted by atomic mass is 16.3. The molecular weight excluding hydrogens is 498 g/mol. The summed E-state index contributed by atoms with van der Waals surface area (Å²) in [6.07, 6.45) is 10.4. The second-order valence-corrected chi connectivity index (χ2v) is 11.0. The molecule has 1 aliphatic carbocycles. The van der Waals surface area contributed by atoms with Gasteiger partial charge in [0.2, 0.25) is 0 Å². The number of anilines is 1. The number of nitrogens with one attached hydrogen (secondary N) is 1. The second kappa shape index (κ2) is 8.67. The summed E-state index contributed by atoms with van der Waals surface area (Å²) in [6, 6.07) is 3.82. The first-order valence-corrected chi connectivity index (χ1v) is 13.4. The van der Waals surface area contributed by atoms with Gasteiger partial charge >= 0.3 is 0 Å². The summed E-state index contributed by atoms with van der Waals surface area (Å²) in [6.45, 7) is 1.50. The number of aromatic amines is 1. The van der Waals surface area contributed by atoms with Gasteiger partial charge in [-0.05, 0) is 57.9 Å². The van der Waals surface area contributed by atoms with Gasteiger partial charge in [0.1, 0.15) is 11.4 Å².